The van der Waals surface area contributed by atoms with Crippen molar-refractivity contribution in [2.75, 3.05) is 31.9 Å². The average molecular weight is 2000 g/mol. The van der Waals surface area contributed by atoms with E-state index in [1.807, 2.05) is 116 Å². The van der Waals surface area contributed by atoms with Gasteiger partial charge < -0.3 is 31.9 Å². The number of carbonyl (C=O) groups excluding carboxylic acids is 6. The van der Waals surface area contributed by atoms with Gasteiger partial charge in [0.05, 0.1) is 51.1 Å². The lowest BCUT2D eigenvalue weighted by atomic mass is 9.61. The number of nitrogens with one attached hydrogen (secondary N) is 12. The Kier molecular flexibility index (Phi) is 24.0. The molecule has 1 fully saturated rings. The van der Waals surface area contributed by atoms with Crippen molar-refractivity contribution in [2.24, 2.45) is 32.5 Å². The van der Waals surface area contributed by atoms with Gasteiger partial charge in [0.25, 0.3) is 0 Å². The Labute approximate surface area is 849 Å². The van der Waals surface area contributed by atoms with Crippen molar-refractivity contribution in [3.63, 3.8) is 0 Å². The summed E-state index contributed by atoms with van der Waals surface area (Å²) in [6.45, 7) is 38.7. The number of allylic oxidation sites excluding steroid dienone is 12. The van der Waals surface area contributed by atoms with E-state index >= 15 is 0 Å². The van der Waals surface area contributed by atoms with Crippen LogP contribution in [-0.4, -0.2) is 95.9 Å². The maximum Gasteiger partial charge on any atom is 0.162 e. The molecule has 12 N–H and O–H groups in total. The van der Waals surface area contributed by atoms with Crippen LogP contribution in [0.25, 0.3) is 0 Å². The summed E-state index contributed by atoms with van der Waals surface area (Å²) in [7, 11) is 0. The van der Waals surface area contributed by atoms with E-state index in [0.29, 0.717) is 49.6 Å². The third-order valence-corrected chi connectivity index (χ3v) is 33.1. The van der Waals surface area contributed by atoms with Crippen LogP contribution in [0.2, 0.25) is 5.15 Å². The molecule has 0 radical (unpaired) electrons. The van der Waals surface area contributed by atoms with Crippen LogP contribution in [0, 0.1) is 32.5 Å². The number of hydrogen-bond donors (Lipinski definition) is 12. The summed E-state index contributed by atoms with van der Waals surface area (Å²) in [5, 5.41) is 65.4. The molecule has 1 saturated carbocycles. The fourth-order valence-corrected chi connectivity index (χ4v) is 26.7. The third-order valence-electron chi connectivity index (χ3n) is 32.3. The predicted molar refractivity (Wildman–Crippen MR) is 566 cm³/mol. The number of anilines is 6. The Hall–Kier alpha value is -13.4. The smallest absolute Gasteiger partial charge is 0.162 e. The predicted octanol–water partition coefficient (Wildman–Crippen LogP) is 25.0. The van der Waals surface area contributed by atoms with Gasteiger partial charge >= 0.3 is 0 Å². The molecular weight excluding hydrogens is 1870 g/mol. The number of rotatable bonds is 7. The van der Waals surface area contributed by atoms with Crippen molar-refractivity contribution in [1.82, 2.24) is 61.2 Å². The number of benzene rings is 6. The molecule has 6 aromatic heterocycles. The zero-order chi connectivity index (χ0) is 101. The lowest BCUT2D eigenvalue weighted by Crippen LogP contribution is -2.42. The van der Waals surface area contributed by atoms with Gasteiger partial charge in [-0.15, -0.1) is 0 Å². The number of halogens is 2. The van der Waals surface area contributed by atoms with Crippen molar-refractivity contribution in [3.8, 4) is 0 Å². The minimum absolute atomic E-state index is 0.0158. The SMILES string of the molecule is CC1(C)CC(=O)C2=C(C1)Nc1[nH]ncc1C2(C)c1ccccc1.CC1(C)CC(=O)C2=C(C1)Nc1[nH]ncc1[C@@]2(C)c1ccccc1.CC1(C)CC(=O)C2=C(C1)Nc1[nH]ncc1[C@]2(C)c1ccccc1.CC1(C)CC(=O)C2=C(C1)Nc1n[nH]c(Br)c1C2(C)c1ccccc1.CC1(C)CC(=O)C2=C(C1)Nc1n[nH]c(C3CC3)c1C2(C)c1ccccc1.CC1(C)CC(=O)C2=C(C1)Nc1n[nH]c(Cl)c1C2(C)c1ccccc1. The quantitative estimate of drug-likeness (QED) is 0.0705. The average Bonchev–Trinajstić information content (AvgIpc) is 1.60. The van der Waals surface area contributed by atoms with Gasteiger partial charge in [-0.25, -0.2) is 0 Å². The highest BCUT2D eigenvalue weighted by molar-refractivity contribution is 9.10. The number of hydrogen-bond acceptors (Lipinski definition) is 18. The molecule has 6 aliphatic heterocycles. The summed E-state index contributed by atoms with van der Waals surface area (Å²) in [6, 6.07) is 61.5. The van der Waals surface area contributed by atoms with E-state index in [1.165, 1.54) is 29.7 Å². The monoisotopic (exact) mass is 1990 g/mol. The Morgan fingerprint density at radius 3 is 0.769 bits per heavy atom. The molecule has 6 aromatic carbocycles. The maximum absolute atomic E-state index is 13.3. The van der Waals surface area contributed by atoms with E-state index in [-0.39, 0.29) is 67.2 Å². The number of fused-ring (bicyclic) bond motifs is 6. The number of aromatic nitrogens is 12. The molecule has 143 heavy (non-hydrogen) atoms. The molecule has 0 saturated heterocycles. The first-order valence-electron chi connectivity index (χ1n) is 50.1. The number of Topliss-reactive ketones (excluding diaryl/α,β-unsaturated/α-hetero) is 6. The lowest BCUT2D eigenvalue weighted by Gasteiger charge is -2.44. The highest BCUT2D eigenvalue weighted by Crippen LogP contribution is 2.62. The van der Waals surface area contributed by atoms with Gasteiger partial charge in [-0.3, -0.25) is 59.4 Å². The Balaban J connectivity index is 0.000000105. The first kappa shape index (κ1) is 97.1. The number of carbonyl (C=O) groups is 6. The minimum Gasteiger partial charge on any atom is -0.343 e. The van der Waals surface area contributed by atoms with Gasteiger partial charge in [0, 0.05) is 151 Å². The van der Waals surface area contributed by atoms with Gasteiger partial charge in [0.1, 0.15) is 27.2 Å². The van der Waals surface area contributed by atoms with Gasteiger partial charge in [-0.1, -0.05) is 277 Å². The summed E-state index contributed by atoms with van der Waals surface area (Å²) in [4.78, 5) is 78.7. The second-order valence-corrected chi connectivity index (χ2v) is 48.3. The van der Waals surface area contributed by atoms with E-state index < -0.39 is 32.5 Å². The number of nitrogens with zero attached hydrogens (tertiary/aromatic N) is 6. The van der Waals surface area contributed by atoms with Crippen molar-refractivity contribution >= 4 is 97.1 Å². The van der Waals surface area contributed by atoms with Crippen LogP contribution in [0.5, 0.6) is 0 Å². The molecule has 7 aliphatic carbocycles. The van der Waals surface area contributed by atoms with E-state index in [2.05, 4.69) is 319 Å². The normalized spacial score (nSPS) is 25.7. The number of aromatic amines is 6. The van der Waals surface area contributed by atoms with Crippen molar-refractivity contribution in [1.29, 1.82) is 0 Å². The molecule has 26 heteroatoms. The van der Waals surface area contributed by atoms with Crippen molar-refractivity contribution < 1.29 is 28.8 Å². The second kappa shape index (κ2) is 35.3. The van der Waals surface area contributed by atoms with Crippen molar-refractivity contribution in [2.45, 2.75) is 253 Å². The van der Waals surface area contributed by atoms with E-state index in [4.69, 9.17) is 11.6 Å². The molecule has 0 spiro atoms. The zero-order valence-corrected chi connectivity index (χ0v) is 87.3. The fourth-order valence-electron chi connectivity index (χ4n) is 25.7. The molecule has 6 atom stereocenters. The topological polar surface area (TPSA) is 347 Å². The molecule has 0 bridgehead atoms. The van der Waals surface area contributed by atoms with Crippen LogP contribution in [0.15, 0.2) is 273 Å². The molecule has 25 rings (SSSR count). The van der Waals surface area contributed by atoms with Gasteiger partial charge in [-0.2, -0.15) is 30.6 Å². The fraction of sp³-hybridized carbons (Fsp3) is 0.385. The Bertz CT molecular complexity index is 6880. The summed E-state index contributed by atoms with van der Waals surface area (Å²) < 4.78 is 0.820. The first-order valence-corrected chi connectivity index (χ1v) is 51.2. The third kappa shape index (κ3) is 16.8. The van der Waals surface area contributed by atoms with Crippen LogP contribution < -0.4 is 31.9 Å². The lowest BCUT2D eigenvalue weighted by molar-refractivity contribution is -0.119. The molecule has 24 nitrogen and oxygen atoms in total. The number of H-pyrrole nitrogens is 6. The van der Waals surface area contributed by atoms with E-state index in [9.17, 15) is 28.8 Å². The largest absolute Gasteiger partial charge is 0.343 e. The summed E-state index contributed by atoms with van der Waals surface area (Å²) in [5.41, 5.74) is 22.4. The molecule has 12 aromatic rings. The van der Waals surface area contributed by atoms with Crippen LogP contribution in [0.3, 0.4) is 0 Å². The molecule has 736 valence electrons. The van der Waals surface area contributed by atoms with E-state index in [1.54, 1.807) is 0 Å². The minimum atomic E-state index is -0.602. The maximum atomic E-state index is 13.3. The van der Waals surface area contributed by atoms with Gasteiger partial charge in [0.15, 0.2) is 52.2 Å². The molecule has 13 aliphatic rings. The van der Waals surface area contributed by atoms with Crippen LogP contribution >= 0.6 is 27.5 Å². The molecular formula is C117H128BrClN18O6. The first-order chi connectivity index (χ1) is 67.8. The summed E-state index contributed by atoms with van der Waals surface area (Å²) >= 11 is 10.0. The Morgan fingerprint density at radius 2 is 0.490 bits per heavy atom. The highest BCUT2D eigenvalue weighted by Gasteiger charge is 2.57. The zero-order valence-electron chi connectivity index (χ0n) is 84.9. The van der Waals surface area contributed by atoms with Gasteiger partial charge in [0.2, 0.25) is 0 Å². The highest BCUT2D eigenvalue weighted by atomic mass is 79.9. The van der Waals surface area contributed by atoms with Crippen LogP contribution in [0.4, 0.5) is 34.9 Å². The standard InChI is InChI=1S/C22H25N3O.C19H20BrN3O.C19H20ClN3O.3C19H21N3O/c1-21(2)11-15-17(16(26)12-21)22(3,14-7-5-4-6-8-14)18-19(13-9-10-13)24-25-20(18)23-15;2*1-18(2)9-12-14(13(24)10-18)19(3,11-7-5-4-6-8-11)15-16(20)22-23-17(15)21-12;3*1-18(2)9-14-16(15(23)10-18)19(3,12-7-5-4-6-8-12)13-11-20-22-17(13)21-14/h4-8,13H,9-12H2,1-3H3,(H2,23,24,25);2*4-8H,9-10H2,1-3H3,(H2,21,22,23);3*4-8,11H,9-10H2,1-3H3,(H2,20,21,22)/t;;;2*19-;/m...10./s1. The van der Waals surface area contributed by atoms with Crippen LogP contribution in [-0.2, 0) is 61.3 Å². The van der Waals surface area contributed by atoms with Crippen LogP contribution in [0.1, 0.15) is 293 Å². The van der Waals surface area contributed by atoms with Crippen molar-refractivity contribution in [3.05, 3.63) is 350 Å². The molecule has 4 unspecified atom stereocenters. The Morgan fingerprint density at radius 1 is 0.266 bits per heavy atom. The van der Waals surface area contributed by atoms with Gasteiger partial charge in [-0.05, 0) is 175 Å². The summed E-state index contributed by atoms with van der Waals surface area (Å²) in [6.07, 6.45) is 16.5. The molecule has 0 amide bonds. The number of ketones is 6. The summed E-state index contributed by atoms with van der Waals surface area (Å²) in [5.74, 6) is 7.07. The van der Waals surface area contributed by atoms with E-state index in [0.717, 1.165) is 201 Å². The second-order valence-electron chi connectivity index (χ2n) is 47.1. The molecule has 12 heterocycles.